The summed E-state index contributed by atoms with van der Waals surface area (Å²) >= 11 is 10.8. The number of hydrogen-bond donors (Lipinski definition) is 0. The SMILES string of the molecule is CC(OC(C)(c1ccccc1)C(C)(F)C(F)(Br)Br)(c1ccccc1)C(C)(F)C(F)(Br)Br. The Morgan fingerprint density at radius 2 is 0.806 bits per heavy atom. The lowest BCUT2D eigenvalue weighted by Crippen LogP contribution is -2.62. The van der Waals surface area contributed by atoms with Crippen LogP contribution in [-0.2, 0) is 15.9 Å². The van der Waals surface area contributed by atoms with Crippen LogP contribution in [0.2, 0.25) is 0 Å². The number of alkyl halides is 8. The van der Waals surface area contributed by atoms with E-state index < -0.39 is 29.5 Å². The Kier molecular flexibility index (Phi) is 7.93. The van der Waals surface area contributed by atoms with Crippen molar-refractivity contribution in [1.82, 2.24) is 0 Å². The Morgan fingerprint density at radius 3 is 1.03 bits per heavy atom. The Bertz CT molecular complexity index is 808. The number of rotatable bonds is 8. The minimum absolute atomic E-state index is 0.229. The molecule has 1 nitrogen and oxygen atoms in total. The Balaban J connectivity index is 2.85. The van der Waals surface area contributed by atoms with Gasteiger partial charge in [0.15, 0.2) is 11.3 Å². The quantitative estimate of drug-likeness (QED) is 0.198. The average molecular weight is 698 g/mol. The highest BCUT2D eigenvalue weighted by atomic mass is 79.9. The molecule has 0 N–H and O–H groups in total. The van der Waals surface area contributed by atoms with Gasteiger partial charge in [0, 0.05) is 0 Å². The van der Waals surface area contributed by atoms with Crippen LogP contribution in [0.15, 0.2) is 60.7 Å². The molecule has 0 aliphatic carbocycles. The number of halogens is 8. The first-order chi connectivity index (χ1) is 13.9. The molecule has 2 aromatic rings. The van der Waals surface area contributed by atoms with Gasteiger partial charge in [0.2, 0.25) is 0 Å². The molecular weight excluding hydrogens is 676 g/mol. The van der Waals surface area contributed by atoms with Crippen molar-refractivity contribution in [2.24, 2.45) is 0 Å². The fraction of sp³-hybridized carbons (Fsp3) is 0.455. The highest BCUT2D eigenvalue weighted by molar-refractivity contribution is 9.25. The van der Waals surface area contributed by atoms with E-state index in [0.717, 1.165) is 13.8 Å². The fourth-order valence-corrected chi connectivity index (χ4v) is 4.83. The summed E-state index contributed by atoms with van der Waals surface area (Å²) in [5.41, 5.74) is -9.34. The lowest BCUT2D eigenvalue weighted by Gasteiger charge is -2.53. The predicted octanol–water partition coefficient (Wildman–Crippen LogP) is 9.12. The van der Waals surface area contributed by atoms with E-state index in [1.54, 1.807) is 36.4 Å². The molecule has 172 valence electrons. The summed E-state index contributed by atoms with van der Waals surface area (Å²) in [5, 5.41) is 0. The number of hydrogen-bond acceptors (Lipinski definition) is 1. The maximum Gasteiger partial charge on any atom is 0.255 e. The lowest BCUT2D eigenvalue weighted by atomic mass is 9.77. The molecule has 9 heteroatoms. The van der Waals surface area contributed by atoms with Crippen LogP contribution in [0.3, 0.4) is 0 Å². The Labute approximate surface area is 213 Å². The van der Waals surface area contributed by atoms with Crippen LogP contribution in [0.1, 0.15) is 38.8 Å². The standard InChI is InChI=1S/C22H22Br4F4O/c1-17(15-11-7-5-8-12-15,19(3,27)21(23,24)29)31-18(2,16-13-9-6-10-14-16)20(4,28)22(25,26)30/h5-14H,1-4H3. The van der Waals surface area contributed by atoms with Crippen LogP contribution in [0.25, 0.3) is 0 Å². The van der Waals surface area contributed by atoms with Crippen LogP contribution in [0, 0.1) is 0 Å². The van der Waals surface area contributed by atoms with Gasteiger partial charge in [0.25, 0.3) is 6.97 Å². The molecular formula is C22H22Br4F4O. The van der Waals surface area contributed by atoms with Crippen LogP contribution >= 0.6 is 63.7 Å². The van der Waals surface area contributed by atoms with E-state index in [-0.39, 0.29) is 11.1 Å². The molecule has 4 atom stereocenters. The van der Waals surface area contributed by atoms with E-state index in [4.69, 9.17) is 4.74 Å². The van der Waals surface area contributed by atoms with Crippen molar-refractivity contribution >= 4 is 63.7 Å². The van der Waals surface area contributed by atoms with Crippen molar-refractivity contribution in [1.29, 1.82) is 0 Å². The van der Waals surface area contributed by atoms with E-state index in [0.29, 0.717) is 0 Å². The third-order valence-corrected chi connectivity index (χ3v) is 8.89. The Morgan fingerprint density at radius 1 is 0.548 bits per heavy atom. The third kappa shape index (κ3) is 4.81. The van der Waals surface area contributed by atoms with Crippen molar-refractivity contribution in [2.75, 3.05) is 0 Å². The van der Waals surface area contributed by atoms with Crippen molar-refractivity contribution in [3.8, 4) is 0 Å². The van der Waals surface area contributed by atoms with Gasteiger partial charge in [-0.3, -0.25) is 0 Å². The summed E-state index contributed by atoms with van der Waals surface area (Å²) in [4.78, 5) is 0. The molecule has 0 bridgehead atoms. The van der Waals surface area contributed by atoms with Crippen molar-refractivity contribution in [3.05, 3.63) is 71.8 Å². The largest absolute Gasteiger partial charge is 0.353 e. The molecule has 2 rings (SSSR count). The smallest absolute Gasteiger partial charge is 0.255 e. The first kappa shape index (κ1) is 27.3. The van der Waals surface area contributed by atoms with Crippen LogP contribution in [0.5, 0.6) is 0 Å². The molecule has 0 fully saturated rings. The van der Waals surface area contributed by atoms with E-state index in [9.17, 15) is 0 Å². The zero-order valence-corrected chi connectivity index (χ0v) is 23.5. The molecule has 0 aliphatic rings. The molecule has 0 saturated heterocycles. The molecule has 0 saturated carbocycles. The molecule has 2 aromatic carbocycles. The van der Waals surface area contributed by atoms with Gasteiger partial charge in [0.1, 0.15) is 11.2 Å². The average Bonchev–Trinajstić information content (AvgIpc) is 2.67. The van der Waals surface area contributed by atoms with Gasteiger partial charge in [-0.05, 0) is 103 Å². The molecule has 0 aliphatic heterocycles. The molecule has 31 heavy (non-hydrogen) atoms. The second-order valence-electron chi connectivity index (χ2n) is 7.90. The normalized spacial score (nSPS) is 20.8. The van der Waals surface area contributed by atoms with E-state index in [1.165, 1.54) is 38.1 Å². The number of benzene rings is 2. The minimum Gasteiger partial charge on any atom is -0.353 e. The van der Waals surface area contributed by atoms with Gasteiger partial charge < -0.3 is 4.74 Å². The van der Waals surface area contributed by atoms with E-state index in [1.807, 2.05) is 0 Å². The maximum absolute atomic E-state index is 16.2. The minimum atomic E-state index is -2.80. The molecule has 0 heterocycles. The second-order valence-corrected chi connectivity index (χ2v) is 14.4. The third-order valence-electron chi connectivity index (χ3n) is 5.91. The van der Waals surface area contributed by atoms with Gasteiger partial charge in [-0.2, -0.15) is 0 Å². The van der Waals surface area contributed by atoms with E-state index in [2.05, 4.69) is 63.7 Å². The highest BCUT2D eigenvalue weighted by Gasteiger charge is 2.67. The summed E-state index contributed by atoms with van der Waals surface area (Å²) in [6, 6.07) is 16.0. The highest BCUT2D eigenvalue weighted by Crippen LogP contribution is 2.60. The van der Waals surface area contributed by atoms with Gasteiger partial charge in [-0.1, -0.05) is 60.7 Å². The van der Waals surface area contributed by atoms with Crippen LogP contribution in [-0.4, -0.2) is 18.3 Å². The zero-order valence-electron chi connectivity index (χ0n) is 17.2. The van der Waals surface area contributed by atoms with Gasteiger partial charge >= 0.3 is 0 Å². The predicted molar refractivity (Wildman–Crippen MR) is 131 cm³/mol. The summed E-state index contributed by atoms with van der Waals surface area (Å²) < 4.78 is 63.3. The van der Waals surface area contributed by atoms with Crippen molar-refractivity contribution in [3.63, 3.8) is 0 Å². The van der Waals surface area contributed by atoms with Gasteiger partial charge in [-0.15, -0.1) is 0 Å². The number of ether oxygens (including phenoxy) is 1. The van der Waals surface area contributed by atoms with Gasteiger partial charge in [0.05, 0.1) is 0 Å². The summed E-state index contributed by atoms with van der Waals surface area (Å²) in [5.74, 6) is 0. The molecule has 0 radical (unpaired) electrons. The molecule has 4 unspecified atom stereocenters. The molecule has 0 aromatic heterocycles. The summed E-state index contributed by atoms with van der Waals surface area (Å²) in [6.45, 7) is 4.57. The van der Waals surface area contributed by atoms with Crippen LogP contribution < -0.4 is 0 Å². The zero-order chi connectivity index (χ0) is 23.9. The molecule has 0 spiro atoms. The monoisotopic (exact) mass is 694 g/mol. The fourth-order valence-electron chi connectivity index (χ4n) is 3.31. The van der Waals surface area contributed by atoms with E-state index >= 15 is 17.6 Å². The van der Waals surface area contributed by atoms with Gasteiger partial charge in [-0.25, -0.2) is 17.6 Å². The second kappa shape index (κ2) is 9.01. The first-order valence-corrected chi connectivity index (χ1v) is 12.4. The lowest BCUT2D eigenvalue weighted by molar-refractivity contribution is -0.264. The van der Waals surface area contributed by atoms with Crippen molar-refractivity contribution in [2.45, 2.75) is 57.2 Å². The maximum atomic E-state index is 16.2. The summed E-state index contributed by atoms with van der Waals surface area (Å²) in [6.07, 6.45) is 0. The Hall–Kier alpha value is 0.0400. The summed E-state index contributed by atoms with van der Waals surface area (Å²) in [7, 11) is 0. The van der Waals surface area contributed by atoms with Crippen LogP contribution in [0.4, 0.5) is 17.6 Å². The topological polar surface area (TPSA) is 9.23 Å². The van der Waals surface area contributed by atoms with Crippen molar-refractivity contribution < 1.29 is 22.3 Å². The molecule has 0 amide bonds. The first-order valence-electron chi connectivity index (χ1n) is 9.24.